The Bertz CT molecular complexity index is 388. The maximum atomic E-state index is 12.9. The first-order valence-electron chi connectivity index (χ1n) is 4.34. The number of rotatable bonds is 0. The summed E-state index contributed by atoms with van der Waals surface area (Å²) in [5, 5.41) is 0. The van der Waals surface area contributed by atoms with E-state index in [9.17, 15) is 4.39 Å². The fourth-order valence-electron chi connectivity index (χ4n) is 1.67. The summed E-state index contributed by atoms with van der Waals surface area (Å²) in [6.45, 7) is 7.81. The van der Waals surface area contributed by atoms with Gasteiger partial charge in [0, 0.05) is 0 Å². The van der Waals surface area contributed by atoms with Crippen molar-refractivity contribution < 1.29 is 4.39 Å². The van der Waals surface area contributed by atoms with E-state index in [-0.39, 0.29) is 5.82 Å². The number of allylic oxidation sites excluding steroid dienone is 2. The maximum Gasteiger partial charge on any atom is 0.123 e. The van der Waals surface area contributed by atoms with Crippen LogP contribution in [0.5, 0.6) is 0 Å². The molecule has 1 heteroatoms. The molecule has 0 aliphatic heterocycles. The molecule has 1 aliphatic rings. The van der Waals surface area contributed by atoms with E-state index in [0.29, 0.717) is 0 Å². The summed E-state index contributed by atoms with van der Waals surface area (Å²) in [6, 6.07) is 4.88. The van der Waals surface area contributed by atoms with E-state index >= 15 is 0 Å². The van der Waals surface area contributed by atoms with Gasteiger partial charge in [0.25, 0.3) is 0 Å². The summed E-state index contributed by atoms with van der Waals surface area (Å²) >= 11 is 0. The van der Waals surface area contributed by atoms with Gasteiger partial charge in [-0.1, -0.05) is 19.2 Å². The van der Waals surface area contributed by atoms with E-state index in [1.54, 1.807) is 6.07 Å². The molecule has 1 aliphatic carbocycles. The zero-order valence-electron chi connectivity index (χ0n) is 7.44. The molecule has 2 rings (SSSR count). The van der Waals surface area contributed by atoms with E-state index in [4.69, 9.17) is 0 Å². The van der Waals surface area contributed by atoms with E-state index in [1.165, 1.54) is 11.6 Å². The van der Waals surface area contributed by atoms with Crippen LogP contribution in [0.15, 0.2) is 36.9 Å². The third kappa shape index (κ3) is 1.31. The monoisotopic (exact) mass is 174 g/mol. The van der Waals surface area contributed by atoms with Crippen LogP contribution < -0.4 is 0 Å². The van der Waals surface area contributed by atoms with Crippen molar-refractivity contribution in [3.8, 4) is 0 Å². The Hall–Kier alpha value is -1.37. The van der Waals surface area contributed by atoms with Gasteiger partial charge in [-0.3, -0.25) is 0 Å². The molecule has 0 atom stereocenters. The van der Waals surface area contributed by atoms with Gasteiger partial charge in [-0.15, -0.1) is 0 Å². The fraction of sp³-hybridized carbons (Fsp3) is 0.167. The SMILES string of the molecule is C=C1CCc2ccc(F)cc2C1=C. The molecule has 0 aromatic heterocycles. The van der Waals surface area contributed by atoms with Crippen LogP contribution >= 0.6 is 0 Å². The third-order valence-corrected chi connectivity index (χ3v) is 2.52. The van der Waals surface area contributed by atoms with E-state index in [1.807, 2.05) is 6.07 Å². The summed E-state index contributed by atoms with van der Waals surface area (Å²) in [6.07, 6.45) is 1.89. The summed E-state index contributed by atoms with van der Waals surface area (Å²) < 4.78 is 12.9. The molecule has 0 radical (unpaired) electrons. The highest BCUT2D eigenvalue weighted by Gasteiger charge is 2.15. The fourth-order valence-corrected chi connectivity index (χ4v) is 1.67. The number of benzene rings is 1. The van der Waals surface area contributed by atoms with Crippen LogP contribution in [0, 0.1) is 5.82 Å². The topological polar surface area (TPSA) is 0 Å². The van der Waals surface area contributed by atoms with Crippen molar-refractivity contribution in [3.05, 3.63) is 53.9 Å². The van der Waals surface area contributed by atoms with Crippen molar-refractivity contribution >= 4 is 5.57 Å². The number of hydrogen-bond donors (Lipinski definition) is 0. The lowest BCUT2D eigenvalue weighted by Gasteiger charge is -2.19. The first-order valence-corrected chi connectivity index (χ1v) is 4.34. The lowest BCUT2D eigenvalue weighted by molar-refractivity contribution is 0.626. The molecule has 0 spiro atoms. The van der Waals surface area contributed by atoms with Gasteiger partial charge in [0.05, 0.1) is 0 Å². The van der Waals surface area contributed by atoms with Gasteiger partial charge in [-0.25, -0.2) is 4.39 Å². The van der Waals surface area contributed by atoms with Crippen molar-refractivity contribution in [3.63, 3.8) is 0 Å². The Morgan fingerprint density at radius 1 is 1.15 bits per heavy atom. The van der Waals surface area contributed by atoms with Crippen LogP contribution in [0.25, 0.3) is 5.57 Å². The molecular weight excluding hydrogens is 163 g/mol. The lowest BCUT2D eigenvalue weighted by atomic mass is 9.85. The highest BCUT2D eigenvalue weighted by Crippen LogP contribution is 2.32. The van der Waals surface area contributed by atoms with Gasteiger partial charge in [0.1, 0.15) is 5.82 Å². The highest BCUT2D eigenvalue weighted by molar-refractivity contribution is 5.80. The molecule has 0 saturated heterocycles. The first kappa shape index (κ1) is 8.24. The Kier molecular flexibility index (Phi) is 1.80. The molecule has 0 saturated carbocycles. The highest BCUT2D eigenvalue weighted by atomic mass is 19.1. The molecule has 0 bridgehead atoms. The second-order valence-corrected chi connectivity index (χ2v) is 3.38. The Labute approximate surface area is 77.4 Å². The van der Waals surface area contributed by atoms with Gasteiger partial charge >= 0.3 is 0 Å². The van der Waals surface area contributed by atoms with E-state index < -0.39 is 0 Å². The van der Waals surface area contributed by atoms with Gasteiger partial charge in [-0.2, -0.15) is 0 Å². The van der Waals surface area contributed by atoms with E-state index in [2.05, 4.69) is 13.2 Å². The van der Waals surface area contributed by atoms with Gasteiger partial charge < -0.3 is 0 Å². The quantitative estimate of drug-likeness (QED) is 0.566. The van der Waals surface area contributed by atoms with Gasteiger partial charge in [0.15, 0.2) is 0 Å². The smallest absolute Gasteiger partial charge is 0.123 e. The largest absolute Gasteiger partial charge is 0.207 e. The molecule has 0 fully saturated rings. The molecule has 13 heavy (non-hydrogen) atoms. The second-order valence-electron chi connectivity index (χ2n) is 3.38. The number of hydrogen-bond acceptors (Lipinski definition) is 0. The standard InChI is InChI=1S/C12H11F/c1-8-3-4-10-5-6-11(13)7-12(10)9(8)2/h5-7H,1-4H2. The summed E-state index contributed by atoms with van der Waals surface area (Å²) in [5.74, 6) is -0.199. The molecule has 0 amide bonds. The second kappa shape index (κ2) is 2.84. The zero-order valence-corrected chi connectivity index (χ0v) is 7.44. The number of halogens is 1. The van der Waals surface area contributed by atoms with Crippen molar-refractivity contribution in [2.75, 3.05) is 0 Å². The molecule has 0 nitrogen and oxygen atoms in total. The lowest BCUT2D eigenvalue weighted by Crippen LogP contribution is -2.03. The first-order chi connectivity index (χ1) is 6.18. The van der Waals surface area contributed by atoms with Gasteiger partial charge in [-0.05, 0) is 47.2 Å². The number of fused-ring (bicyclic) bond motifs is 1. The predicted octanol–water partition coefficient (Wildman–Crippen LogP) is 3.34. The minimum atomic E-state index is -0.199. The van der Waals surface area contributed by atoms with Crippen LogP contribution in [0.1, 0.15) is 17.5 Å². The van der Waals surface area contributed by atoms with Crippen molar-refractivity contribution in [1.29, 1.82) is 0 Å². The Balaban J connectivity index is 2.58. The van der Waals surface area contributed by atoms with Crippen LogP contribution in [0.2, 0.25) is 0 Å². The Morgan fingerprint density at radius 3 is 2.69 bits per heavy atom. The third-order valence-electron chi connectivity index (χ3n) is 2.52. The zero-order chi connectivity index (χ0) is 9.42. The maximum absolute atomic E-state index is 12.9. The van der Waals surface area contributed by atoms with Crippen molar-refractivity contribution in [2.24, 2.45) is 0 Å². The summed E-state index contributed by atoms with van der Waals surface area (Å²) in [7, 11) is 0. The molecule has 1 aromatic rings. The average Bonchev–Trinajstić information content (AvgIpc) is 2.12. The minimum Gasteiger partial charge on any atom is -0.207 e. The summed E-state index contributed by atoms with van der Waals surface area (Å²) in [5.41, 5.74) is 4.02. The van der Waals surface area contributed by atoms with Crippen LogP contribution in [0.3, 0.4) is 0 Å². The predicted molar refractivity (Wildman–Crippen MR) is 52.9 cm³/mol. The molecular formula is C12H11F. The van der Waals surface area contributed by atoms with Crippen LogP contribution in [-0.4, -0.2) is 0 Å². The minimum absolute atomic E-state index is 0.199. The van der Waals surface area contributed by atoms with Crippen molar-refractivity contribution in [1.82, 2.24) is 0 Å². The van der Waals surface area contributed by atoms with Crippen LogP contribution in [-0.2, 0) is 6.42 Å². The molecule has 66 valence electrons. The molecule has 0 N–H and O–H groups in total. The normalized spacial score (nSPS) is 15.8. The Morgan fingerprint density at radius 2 is 1.92 bits per heavy atom. The average molecular weight is 174 g/mol. The summed E-state index contributed by atoms with van der Waals surface area (Å²) in [4.78, 5) is 0. The van der Waals surface area contributed by atoms with Crippen LogP contribution in [0.4, 0.5) is 4.39 Å². The molecule has 0 heterocycles. The van der Waals surface area contributed by atoms with E-state index in [0.717, 1.165) is 29.6 Å². The van der Waals surface area contributed by atoms with Crippen molar-refractivity contribution in [2.45, 2.75) is 12.8 Å². The molecule has 1 aromatic carbocycles. The molecule has 0 unspecified atom stereocenters. The van der Waals surface area contributed by atoms with Gasteiger partial charge in [0.2, 0.25) is 0 Å². The number of aryl methyl sites for hydroxylation is 1.